The molecule has 0 bridgehead atoms. The lowest BCUT2D eigenvalue weighted by molar-refractivity contribution is 0.475. The summed E-state index contributed by atoms with van der Waals surface area (Å²) in [6, 6.07) is 0.475. The van der Waals surface area contributed by atoms with Crippen LogP contribution in [-0.2, 0) is 13.0 Å². The van der Waals surface area contributed by atoms with E-state index in [-0.39, 0.29) is 0 Å². The van der Waals surface area contributed by atoms with E-state index in [1.165, 1.54) is 37.2 Å². The van der Waals surface area contributed by atoms with Gasteiger partial charge < -0.3 is 9.88 Å². The SMILES string of the molecule is CCCCC1NCCCn2cc(CC)nc21. The minimum Gasteiger partial charge on any atom is -0.333 e. The maximum atomic E-state index is 4.76. The lowest BCUT2D eigenvalue weighted by atomic mass is 10.1. The van der Waals surface area contributed by atoms with Gasteiger partial charge in [0.25, 0.3) is 0 Å². The van der Waals surface area contributed by atoms with Crippen LogP contribution in [0.15, 0.2) is 6.20 Å². The largest absolute Gasteiger partial charge is 0.333 e. The van der Waals surface area contributed by atoms with Crippen molar-refractivity contribution < 1.29 is 0 Å². The molecule has 1 unspecified atom stereocenters. The molecule has 2 rings (SSSR count). The molecule has 0 radical (unpaired) electrons. The highest BCUT2D eigenvalue weighted by Gasteiger charge is 2.20. The number of hydrogen-bond acceptors (Lipinski definition) is 2. The quantitative estimate of drug-likeness (QED) is 0.847. The fourth-order valence-electron chi connectivity index (χ4n) is 2.37. The van der Waals surface area contributed by atoms with Crippen LogP contribution >= 0.6 is 0 Å². The number of imidazole rings is 1. The van der Waals surface area contributed by atoms with Crippen molar-refractivity contribution in [3.8, 4) is 0 Å². The lowest BCUT2D eigenvalue weighted by Gasteiger charge is -2.15. The first-order valence-corrected chi connectivity index (χ1v) is 6.64. The monoisotopic (exact) mass is 221 g/mol. The Labute approximate surface area is 98.3 Å². The van der Waals surface area contributed by atoms with Crippen molar-refractivity contribution in [1.82, 2.24) is 14.9 Å². The van der Waals surface area contributed by atoms with E-state index in [1.807, 2.05) is 0 Å². The Morgan fingerprint density at radius 2 is 2.38 bits per heavy atom. The van der Waals surface area contributed by atoms with E-state index in [0.29, 0.717) is 6.04 Å². The Balaban J connectivity index is 2.17. The van der Waals surface area contributed by atoms with Crippen LogP contribution in [0.5, 0.6) is 0 Å². The third-order valence-electron chi connectivity index (χ3n) is 3.34. The van der Waals surface area contributed by atoms with E-state index in [0.717, 1.165) is 19.5 Å². The van der Waals surface area contributed by atoms with Crippen LogP contribution in [0.4, 0.5) is 0 Å². The topological polar surface area (TPSA) is 29.9 Å². The average molecular weight is 221 g/mol. The molecule has 1 aromatic heterocycles. The summed E-state index contributed by atoms with van der Waals surface area (Å²) in [4.78, 5) is 4.76. The van der Waals surface area contributed by atoms with Gasteiger partial charge in [-0.05, 0) is 25.8 Å². The zero-order valence-corrected chi connectivity index (χ0v) is 10.5. The number of hydrogen-bond donors (Lipinski definition) is 1. The van der Waals surface area contributed by atoms with Crippen molar-refractivity contribution in [2.45, 2.75) is 58.5 Å². The van der Waals surface area contributed by atoms with Gasteiger partial charge in [0.15, 0.2) is 0 Å². The molecule has 0 aliphatic carbocycles. The van der Waals surface area contributed by atoms with Gasteiger partial charge in [0.1, 0.15) is 5.82 Å². The third kappa shape index (κ3) is 2.46. The van der Waals surface area contributed by atoms with Crippen molar-refractivity contribution >= 4 is 0 Å². The van der Waals surface area contributed by atoms with Gasteiger partial charge in [-0.25, -0.2) is 4.98 Å². The Morgan fingerprint density at radius 1 is 1.50 bits per heavy atom. The summed E-state index contributed by atoms with van der Waals surface area (Å²) >= 11 is 0. The van der Waals surface area contributed by atoms with Crippen molar-refractivity contribution in [3.63, 3.8) is 0 Å². The molecule has 0 fully saturated rings. The molecular weight excluding hydrogens is 198 g/mol. The summed E-state index contributed by atoms with van der Waals surface area (Å²) in [6.07, 6.45) is 8.26. The summed E-state index contributed by atoms with van der Waals surface area (Å²) in [7, 11) is 0. The second-order valence-electron chi connectivity index (χ2n) is 4.64. The second-order valence-corrected chi connectivity index (χ2v) is 4.64. The molecule has 1 N–H and O–H groups in total. The van der Waals surface area contributed by atoms with E-state index < -0.39 is 0 Å². The summed E-state index contributed by atoms with van der Waals surface area (Å²) in [6.45, 7) is 6.68. The van der Waals surface area contributed by atoms with Crippen molar-refractivity contribution in [3.05, 3.63) is 17.7 Å². The van der Waals surface area contributed by atoms with Gasteiger partial charge in [0.2, 0.25) is 0 Å². The maximum absolute atomic E-state index is 4.76. The molecule has 2 heterocycles. The van der Waals surface area contributed by atoms with Crippen LogP contribution in [0.3, 0.4) is 0 Å². The first kappa shape index (κ1) is 11.6. The zero-order valence-electron chi connectivity index (χ0n) is 10.5. The van der Waals surface area contributed by atoms with Gasteiger partial charge in [0, 0.05) is 12.7 Å². The molecule has 90 valence electrons. The molecule has 1 aromatic rings. The van der Waals surface area contributed by atoms with Gasteiger partial charge in [-0.15, -0.1) is 0 Å². The number of aryl methyl sites for hydroxylation is 2. The number of rotatable bonds is 4. The first-order chi connectivity index (χ1) is 7.85. The van der Waals surface area contributed by atoms with E-state index in [4.69, 9.17) is 4.98 Å². The average Bonchev–Trinajstić information content (AvgIpc) is 2.63. The number of fused-ring (bicyclic) bond motifs is 1. The van der Waals surface area contributed by atoms with Crippen molar-refractivity contribution in [2.24, 2.45) is 0 Å². The van der Waals surface area contributed by atoms with Gasteiger partial charge in [-0.3, -0.25) is 0 Å². The summed E-state index contributed by atoms with van der Waals surface area (Å²) in [5, 5.41) is 3.63. The van der Waals surface area contributed by atoms with Crippen LogP contribution in [0, 0.1) is 0 Å². The lowest BCUT2D eigenvalue weighted by Crippen LogP contribution is -2.22. The van der Waals surface area contributed by atoms with Gasteiger partial charge in [-0.1, -0.05) is 26.7 Å². The number of aromatic nitrogens is 2. The van der Waals surface area contributed by atoms with E-state index >= 15 is 0 Å². The van der Waals surface area contributed by atoms with Crippen LogP contribution in [-0.4, -0.2) is 16.1 Å². The summed E-state index contributed by atoms with van der Waals surface area (Å²) in [5.41, 5.74) is 1.24. The Hall–Kier alpha value is -0.830. The normalized spacial score (nSPS) is 20.5. The Kier molecular flexibility index (Phi) is 3.99. The predicted molar refractivity (Wildman–Crippen MR) is 66.5 cm³/mol. The maximum Gasteiger partial charge on any atom is 0.126 e. The highest BCUT2D eigenvalue weighted by Crippen LogP contribution is 2.22. The van der Waals surface area contributed by atoms with Crippen molar-refractivity contribution in [2.75, 3.05) is 6.54 Å². The molecule has 1 atom stereocenters. The van der Waals surface area contributed by atoms with Crippen LogP contribution < -0.4 is 5.32 Å². The van der Waals surface area contributed by atoms with E-state index in [2.05, 4.69) is 29.9 Å². The molecule has 1 aliphatic rings. The molecular formula is C13H23N3. The standard InChI is InChI=1S/C13H23N3/c1-3-5-7-12-13-15-11(4-2)10-16(13)9-6-8-14-12/h10,12,14H,3-9H2,1-2H3. The number of unbranched alkanes of at least 4 members (excludes halogenated alkanes) is 1. The van der Waals surface area contributed by atoms with Crippen LogP contribution in [0.25, 0.3) is 0 Å². The second kappa shape index (κ2) is 5.48. The van der Waals surface area contributed by atoms with Gasteiger partial charge in [-0.2, -0.15) is 0 Å². The van der Waals surface area contributed by atoms with E-state index in [9.17, 15) is 0 Å². The minimum atomic E-state index is 0.475. The summed E-state index contributed by atoms with van der Waals surface area (Å²) in [5.74, 6) is 1.27. The number of nitrogens with one attached hydrogen (secondary N) is 1. The Bertz CT molecular complexity index is 330. The number of nitrogens with zero attached hydrogens (tertiary/aromatic N) is 2. The third-order valence-corrected chi connectivity index (χ3v) is 3.34. The fourth-order valence-corrected chi connectivity index (χ4v) is 2.37. The molecule has 1 aliphatic heterocycles. The molecule has 0 aromatic carbocycles. The molecule has 0 saturated heterocycles. The fraction of sp³-hybridized carbons (Fsp3) is 0.769. The first-order valence-electron chi connectivity index (χ1n) is 6.64. The minimum absolute atomic E-state index is 0.475. The highest BCUT2D eigenvalue weighted by molar-refractivity contribution is 5.09. The van der Waals surface area contributed by atoms with Crippen LogP contribution in [0.2, 0.25) is 0 Å². The van der Waals surface area contributed by atoms with E-state index in [1.54, 1.807) is 0 Å². The molecule has 3 heteroatoms. The molecule has 0 saturated carbocycles. The van der Waals surface area contributed by atoms with Crippen molar-refractivity contribution in [1.29, 1.82) is 0 Å². The zero-order chi connectivity index (χ0) is 11.4. The Morgan fingerprint density at radius 3 is 3.12 bits per heavy atom. The highest BCUT2D eigenvalue weighted by atomic mass is 15.1. The predicted octanol–water partition coefficient (Wildman–Crippen LogP) is 2.67. The van der Waals surface area contributed by atoms with Crippen LogP contribution in [0.1, 0.15) is 57.1 Å². The van der Waals surface area contributed by atoms with Gasteiger partial charge >= 0.3 is 0 Å². The molecule has 3 nitrogen and oxygen atoms in total. The molecule has 16 heavy (non-hydrogen) atoms. The molecule has 0 spiro atoms. The molecule has 0 amide bonds. The van der Waals surface area contributed by atoms with Gasteiger partial charge in [0.05, 0.1) is 11.7 Å². The summed E-state index contributed by atoms with van der Waals surface area (Å²) < 4.78 is 2.36. The smallest absolute Gasteiger partial charge is 0.126 e.